The summed E-state index contributed by atoms with van der Waals surface area (Å²) in [4.78, 5) is 18.0. The van der Waals surface area contributed by atoms with E-state index in [1.807, 2.05) is 37.4 Å². The van der Waals surface area contributed by atoms with Crippen molar-refractivity contribution in [3.8, 4) is 5.82 Å². The number of hydrogen-bond donors (Lipinski definition) is 0. The van der Waals surface area contributed by atoms with Gasteiger partial charge in [-0.1, -0.05) is 11.6 Å². The molecule has 0 amide bonds. The van der Waals surface area contributed by atoms with Crippen LogP contribution in [0.3, 0.4) is 0 Å². The van der Waals surface area contributed by atoms with Gasteiger partial charge in [0.05, 0.1) is 5.02 Å². The molecule has 0 aromatic carbocycles. The molecule has 0 atom stereocenters. The largest absolute Gasteiger partial charge is 0.353 e. The molecule has 1 saturated heterocycles. The van der Waals surface area contributed by atoms with Crippen LogP contribution >= 0.6 is 11.6 Å². The van der Waals surface area contributed by atoms with Gasteiger partial charge in [-0.15, -0.1) is 0 Å². The van der Waals surface area contributed by atoms with Gasteiger partial charge in [0.15, 0.2) is 5.82 Å². The van der Waals surface area contributed by atoms with Crippen LogP contribution in [0.15, 0.2) is 42.9 Å². The summed E-state index contributed by atoms with van der Waals surface area (Å²) in [5.74, 6) is 3.42. The summed E-state index contributed by atoms with van der Waals surface area (Å²) in [6.45, 7) is 5.42. The van der Waals surface area contributed by atoms with Gasteiger partial charge < -0.3 is 9.80 Å². The molecular weight excluding hydrogens is 338 g/mol. The van der Waals surface area contributed by atoms with Crippen molar-refractivity contribution >= 4 is 23.2 Å². The minimum Gasteiger partial charge on any atom is -0.353 e. The van der Waals surface area contributed by atoms with Crippen LogP contribution in [-0.4, -0.2) is 50.9 Å². The van der Waals surface area contributed by atoms with E-state index in [-0.39, 0.29) is 0 Å². The Morgan fingerprint density at radius 2 is 1.68 bits per heavy atom. The SMILES string of the molecule is Cc1nc(N2CCN(c3ccc(Cl)cn3)CC2)cc(-n2cccn2)n1. The first kappa shape index (κ1) is 15.8. The monoisotopic (exact) mass is 355 g/mol. The second kappa shape index (κ2) is 6.68. The molecule has 0 radical (unpaired) electrons. The average molecular weight is 356 g/mol. The second-order valence-corrected chi connectivity index (χ2v) is 6.33. The number of nitrogens with zero attached hydrogens (tertiary/aromatic N) is 7. The maximum atomic E-state index is 5.92. The fourth-order valence-electron chi connectivity index (χ4n) is 2.94. The Bertz CT molecular complexity index is 840. The van der Waals surface area contributed by atoms with E-state index in [4.69, 9.17) is 11.6 Å². The fraction of sp³-hybridized carbons (Fsp3) is 0.294. The van der Waals surface area contributed by atoms with Gasteiger partial charge in [0.25, 0.3) is 0 Å². The zero-order valence-electron chi connectivity index (χ0n) is 13.9. The second-order valence-electron chi connectivity index (χ2n) is 5.89. The molecule has 25 heavy (non-hydrogen) atoms. The number of hydrogen-bond acceptors (Lipinski definition) is 6. The van der Waals surface area contributed by atoms with Gasteiger partial charge in [0, 0.05) is 50.8 Å². The molecule has 7 nitrogen and oxygen atoms in total. The zero-order chi connectivity index (χ0) is 17.2. The Hall–Kier alpha value is -2.67. The Morgan fingerprint density at radius 1 is 0.960 bits per heavy atom. The minimum atomic E-state index is 0.657. The molecular formula is C17H18ClN7. The summed E-state index contributed by atoms with van der Waals surface area (Å²) in [5.41, 5.74) is 0. The van der Waals surface area contributed by atoms with E-state index in [1.165, 1.54) is 0 Å². The van der Waals surface area contributed by atoms with Crippen LogP contribution in [0.25, 0.3) is 5.82 Å². The maximum Gasteiger partial charge on any atom is 0.159 e. The molecule has 0 N–H and O–H groups in total. The van der Waals surface area contributed by atoms with Gasteiger partial charge in [0.1, 0.15) is 17.5 Å². The first-order valence-corrected chi connectivity index (χ1v) is 8.54. The molecule has 4 heterocycles. The number of halogens is 1. The lowest BCUT2D eigenvalue weighted by Crippen LogP contribution is -2.47. The van der Waals surface area contributed by atoms with Crippen molar-refractivity contribution in [1.82, 2.24) is 24.7 Å². The molecule has 0 spiro atoms. The molecule has 1 aliphatic heterocycles. The highest BCUT2D eigenvalue weighted by Gasteiger charge is 2.20. The summed E-state index contributed by atoms with van der Waals surface area (Å²) in [7, 11) is 0. The van der Waals surface area contributed by atoms with Crippen LogP contribution in [0, 0.1) is 6.92 Å². The molecule has 0 bridgehead atoms. The summed E-state index contributed by atoms with van der Waals surface area (Å²) < 4.78 is 1.76. The fourth-order valence-corrected chi connectivity index (χ4v) is 3.05. The van der Waals surface area contributed by atoms with Crippen molar-refractivity contribution in [2.24, 2.45) is 0 Å². The van der Waals surface area contributed by atoms with Crippen molar-refractivity contribution in [2.75, 3.05) is 36.0 Å². The van der Waals surface area contributed by atoms with Crippen molar-refractivity contribution in [1.29, 1.82) is 0 Å². The summed E-state index contributed by atoms with van der Waals surface area (Å²) in [6, 6.07) is 7.70. The predicted molar refractivity (Wildman–Crippen MR) is 97.6 cm³/mol. The van der Waals surface area contributed by atoms with E-state index in [9.17, 15) is 0 Å². The number of piperazine rings is 1. The molecule has 0 unspecified atom stereocenters. The molecule has 8 heteroatoms. The third-order valence-corrected chi connectivity index (χ3v) is 4.41. The van der Waals surface area contributed by atoms with Gasteiger partial charge in [-0.25, -0.2) is 19.6 Å². The Balaban J connectivity index is 1.50. The Labute approximate surface area is 150 Å². The average Bonchev–Trinajstić information content (AvgIpc) is 3.17. The summed E-state index contributed by atoms with van der Waals surface area (Å²) in [6.07, 6.45) is 5.32. The molecule has 3 aromatic heterocycles. The third kappa shape index (κ3) is 3.41. The van der Waals surface area contributed by atoms with Crippen LogP contribution in [0.4, 0.5) is 11.6 Å². The lowest BCUT2D eigenvalue weighted by molar-refractivity contribution is 0.639. The van der Waals surface area contributed by atoms with Crippen LogP contribution in [0.1, 0.15) is 5.82 Å². The smallest absolute Gasteiger partial charge is 0.159 e. The number of aromatic nitrogens is 5. The van der Waals surface area contributed by atoms with E-state index in [1.54, 1.807) is 17.1 Å². The maximum absolute atomic E-state index is 5.92. The summed E-state index contributed by atoms with van der Waals surface area (Å²) >= 11 is 5.92. The van der Waals surface area contributed by atoms with Gasteiger partial charge in [-0.2, -0.15) is 5.10 Å². The van der Waals surface area contributed by atoms with Crippen LogP contribution in [0.5, 0.6) is 0 Å². The lowest BCUT2D eigenvalue weighted by Gasteiger charge is -2.36. The van der Waals surface area contributed by atoms with E-state index in [0.717, 1.165) is 49.5 Å². The number of rotatable bonds is 3. The molecule has 3 aromatic rings. The highest BCUT2D eigenvalue weighted by Crippen LogP contribution is 2.20. The van der Waals surface area contributed by atoms with E-state index in [2.05, 4.69) is 29.9 Å². The van der Waals surface area contributed by atoms with Gasteiger partial charge >= 0.3 is 0 Å². The highest BCUT2D eigenvalue weighted by molar-refractivity contribution is 6.30. The minimum absolute atomic E-state index is 0.657. The van der Waals surface area contributed by atoms with E-state index in [0.29, 0.717) is 5.02 Å². The Kier molecular flexibility index (Phi) is 4.23. The normalized spacial score (nSPS) is 14.8. The number of anilines is 2. The standard InChI is InChI=1S/C17H18ClN7/c1-13-21-16(11-17(22-13)25-6-2-5-20-25)24-9-7-23(8-10-24)15-4-3-14(18)12-19-15/h2-6,11-12H,7-10H2,1H3. The predicted octanol–water partition coefficient (Wildman–Crippen LogP) is 2.35. The van der Waals surface area contributed by atoms with Crippen molar-refractivity contribution in [2.45, 2.75) is 6.92 Å². The van der Waals surface area contributed by atoms with Crippen LogP contribution < -0.4 is 9.80 Å². The molecule has 0 saturated carbocycles. The van der Waals surface area contributed by atoms with E-state index < -0.39 is 0 Å². The molecule has 4 rings (SSSR count). The number of pyridine rings is 1. The quantitative estimate of drug-likeness (QED) is 0.718. The van der Waals surface area contributed by atoms with Crippen LogP contribution in [0.2, 0.25) is 5.02 Å². The molecule has 128 valence electrons. The molecule has 1 fully saturated rings. The van der Waals surface area contributed by atoms with Gasteiger partial charge in [-0.3, -0.25) is 0 Å². The van der Waals surface area contributed by atoms with Gasteiger partial charge in [-0.05, 0) is 25.1 Å². The van der Waals surface area contributed by atoms with Crippen molar-refractivity contribution in [3.63, 3.8) is 0 Å². The Morgan fingerprint density at radius 3 is 2.32 bits per heavy atom. The third-order valence-electron chi connectivity index (χ3n) is 4.19. The highest BCUT2D eigenvalue weighted by atomic mass is 35.5. The van der Waals surface area contributed by atoms with Crippen molar-refractivity contribution in [3.05, 3.63) is 53.7 Å². The lowest BCUT2D eigenvalue weighted by atomic mass is 10.3. The zero-order valence-corrected chi connectivity index (χ0v) is 14.6. The molecule has 1 aliphatic rings. The topological polar surface area (TPSA) is 63.0 Å². The first-order valence-electron chi connectivity index (χ1n) is 8.16. The first-order chi connectivity index (χ1) is 12.2. The van der Waals surface area contributed by atoms with Crippen molar-refractivity contribution < 1.29 is 0 Å². The summed E-state index contributed by atoms with van der Waals surface area (Å²) in [5, 5.41) is 4.91. The molecule has 0 aliphatic carbocycles. The number of aryl methyl sites for hydroxylation is 1. The van der Waals surface area contributed by atoms with Crippen LogP contribution in [-0.2, 0) is 0 Å². The van der Waals surface area contributed by atoms with Gasteiger partial charge in [0.2, 0.25) is 0 Å². The van der Waals surface area contributed by atoms with E-state index >= 15 is 0 Å².